The van der Waals surface area contributed by atoms with E-state index >= 15 is 0 Å². The number of hydrogen-bond acceptors (Lipinski definition) is 5. The Hall–Kier alpha value is -1.06. The van der Waals surface area contributed by atoms with Crippen molar-refractivity contribution in [3.63, 3.8) is 0 Å². The van der Waals surface area contributed by atoms with Gasteiger partial charge in [-0.2, -0.15) is 17.0 Å². The average Bonchev–Trinajstić information content (AvgIpc) is 2.95. The Morgan fingerprint density at radius 1 is 1.26 bits per heavy atom. The summed E-state index contributed by atoms with van der Waals surface area (Å²) >= 11 is 0. The quantitative estimate of drug-likeness (QED) is 0.757. The molecule has 0 radical (unpaired) electrons. The third-order valence-electron chi connectivity index (χ3n) is 6.36. The summed E-state index contributed by atoms with van der Waals surface area (Å²) in [6.07, 6.45) is 7.15. The highest BCUT2D eigenvalue weighted by Gasteiger charge is 2.54. The summed E-state index contributed by atoms with van der Waals surface area (Å²) in [7, 11) is -1.70. The lowest BCUT2D eigenvalue weighted by Gasteiger charge is -2.50. The molecular weight excluding hydrogens is 364 g/mol. The summed E-state index contributed by atoms with van der Waals surface area (Å²) in [6, 6.07) is 4.23. The lowest BCUT2D eigenvalue weighted by Crippen LogP contribution is -2.61. The van der Waals surface area contributed by atoms with Crippen LogP contribution in [0, 0.1) is 0 Å². The molecule has 0 aliphatic carbocycles. The minimum atomic E-state index is -3.37. The molecule has 3 aliphatic heterocycles. The van der Waals surface area contributed by atoms with Crippen molar-refractivity contribution < 1.29 is 13.2 Å². The van der Waals surface area contributed by atoms with Gasteiger partial charge in [0, 0.05) is 57.7 Å². The number of morpholine rings is 1. The highest BCUT2D eigenvalue weighted by Crippen LogP contribution is 2.45. The Labute approximate surface area is 162 Å². The molecule has 27 heavy (non-hydrogen) atoms. The van der Waals surface area contributed by atoms with E-state index in [4.69, 9.17) is 4.74 Å². The highest BCUT2D eigenvalue weighted by atomic mass is 32.2. The molecule has 3 atom stereocenters. The molecule has 150 valence electrons. The van der Waals surface area contributed by atoms with Crippen LogP contribution in [0.5, 0.6) is 0 Å². The Balaban J connectivity index is 1.48. The Kier molecular flexibility index (Phi) is 5.28. The molecule has 4 heterocycles. The largest absolute Gasteiger partial charge is 0.372 e. The second kappa shape index (κ2) is 7.40. The van der Waals surface area contributed by atoms with Crippen LogP contribution in [0.25, 0.3) is 0 Å². The number of ether oxygens (including phenoxy) is 1. The smallest absolute Gasteiger partial charge is 0.282 e. The Morgan fingerprint density at radius 3 is 2.56 bits per heavy atom. The highest BCUT2D eigenvalue weighted by molar-refractivity contribution is 7.86. The molecule has 1 aromatic heterocycles. The van der Waals surface area contributed by atoms with Gasteiger partial charge in [0.25, 0.3) is 10.2 Å². The van der Waals surface area contributed by atoms with E-state index in [2.05, 4.69) is 22.0 Å². The zero-order valence-corrected chi connectivity index (χ0v) is 17.1. The minimum absolute atomic E-state index is 0.0589. The van der Waals surface area contributed by atoms with Crippen molar-refractivity contribution in [1.82, 2.24) is 18.5 Å². The standard InChI is InChI=1S/C19H30N4O3S/c1-3-21(2)27(24,25)23-17-4-5-18(23)13-19(12-17)15-22(10-11-26-19)14-16-6-8-20-9-7-16/h6-9,17-18H,3-5,10-15H2,1-2H3/t17-,18+,19?. The van der Waals surface area contributed by atoms with Gasteiger partial charge in [0.2, 0.25) is 0 Å². The van der Waals surface area contributed by atoms with Gasteiger partial charge in [0.1, 0.15) is 0 Å². The number of rotatable bonds is 5. The molecule has 2 bridgehead atoms. The SMILES string of the molecule is CCN(C)S(=O)(=O)N1[C@@H]2CC[C@H]1CC1(C2)CN(Cc2ccncc2)CCO1. The van der Waals surface area contributed by atoms with Crippen LogP contribution in [0.15, 0.2) is 24.5 Å². The van der Waals surface area contributed by atoms with Crippen molar-refractivity contribution in [3.8, 4) is 0 Å². The summed E-state index contributed by atoms with van der Waals surface area (Å²) in [4.78, 5) is 6.54. The summed E-state index contributed by atoms with van der Waals surface area (Å²) in [5.41, 5.74) is 1.04. The third kappa shape index (κ3) is 3.65. The molecule has 7 nitrogen and oxygen atoms in total. The average molecular weight is 395 g/mol. The molecule has 1 unspecified atom stereocenters. The van der Waals surface area contributed by atoms with E-state index in [1.54, 1.807) is 11.4 Å². The maximum atomic E-state index is 12.9. The number of fused-ring (bicyclic) bond motifs is 2. The first kappa shape index (κ1) is 19.3. The zero-order valence-electron chi connectivity index (χ0n) is 16.2. The van der Waals surface area contributed by atoms with Gasteiger partial charge >= 0.3 is 0 Å². The van der Waals surface area contributed by atoms with Crippen LogP contribution < -0.4 is 0 Å². The molecule has 4 rings (SSSR count). The van der Waals surface area contributed by atoms with Gasteiger partial charge in [-0.25, -0.2) is 0 Å². The van der Waals surface area contributed by atoms with E-state index in [0.717, 1.165) is 45.3 Å². The maximum absolute atomic E-state index is 12.9. The molecule has 0 amide bonds. The second-order valence-electron chi connectivity index (χ2n) is 8.14. The molecule has 0 saturated carbocycles. The molecule has 1 spiro atoms. The van der Waals surface area contributed by atoms with E-state index < -0.39 is 10.2 Å². The van der Waals surface area contributed by atoms with Crippen LogP contribution in [-0.4, -0.2) is 77.9 Å². The lowest BCUT2D eigenvalue weighted by molar-refractivity contribution is -0.142. The van der Waals surface area contributed by atoms with Gasteiger partial charge < -0.3 is 4.74 Å². The van der Waals surface area contributed by atoms with Crippen LogP contribution >= 0.6 is 0 Å². The van der Waals surface area contributed by atoms with Crippen molar-refractivity contribution in [2.24, 2.45) is 0 Å². The van der Waals surface area contributed by atoms with Gasteiger partial charge in [0.05, 0.1) is 12.2 Å². The molecule has 0 N–H and O–H groups in total. The van der Waals surface area contributed by atoms with Gasteiger partial charge in [0.15, 0.2) is 0 Å². The van der Waals surface area contributed by atoms with Gasteiger partial charge in [-0.15, -0.1) is 0 Å². The molecule has 1 aromatic rings. The number of hydrogen-bond donors (Lipinski definition) is 0. The minimum Gasteiger partial charge on any atom is -0.372 e. The van der Waals surface area contributed by atoms with Crippen molar-refractivity contribution in [1.29, 1.82) is 0 Å². The van der Waals surface area contributed by atoms with Crippen molar-refractivity contribution in [2.75, 3.05) is 33.3 Å². The lowest BCUT2D eigenvalue weighted by atomic mass is 9.85. The maximum Gasteiger partial charge on any atom is 0.282 e. The topological polar surface area (TPSA) is 66.0 Å². The van der Waals surface area contributed by atoms with Crippen molar-refractivity contribution >= 4 is 10.2 Å². The van der Waals surface area contributed by atoms with Gasteiger partial charge in [-0.3, -0.25) is 9.88 Å². The number of piperidine rings is 1. The molecule has 3 fully saturated rings. The predicted octanol–water partition coefficient (Wildman–Crippen LogP) is 1.48. The zero-order chi connectivity index (χ0) is 19.1. The van der Waals surface area contributed by atoms with Gasteiger partial charge in [-0.05, 0) is 43.4 Å². The Bertz CT molecular complexity index is 743. The van der Waals surface area contributed by atoms with Crippen LogP contribution in [0.2, 0.25) is 0 Å². The molecule has 3 saturated heterocycles. The van der Waals surface area contributed by atoms with Crippen LogP contribution in [-0.2, 0) is 21.5 Å². The first-order chi connectivity index (χ1) is 12.9. The fourth-order valence-corrected chi connectivity index (χ4v) is 6.78. The summed E-state index contributed by atoms with van der Waals surface area (Å²) in [5, 5.41) is 0. The van der Waals surface area contributed by atoms with E-state index in [1.165, 1.54) is 9.87 Å². The normalized spacial score (nSPS) is 32.4. The number of aromatic nitrogens is 1. The molecule has 0 aromatic carbocycles. The fraction of sp³-hybridized carbons (Fsp3) is 0.737. The molecule has 3 aliphatic rings. The summed E-state index contributed by atoms with van der Waals surface area (Å²) in [6.45, 7) is 5.78. The summed E-state index contributed by atoms with van der Waals surface area (Å²) < 4.78 is 35.5. The molecular formula is C19H30N4O3S. The van der Waals surface area contributed by atoms with Crippen LogP contribution in [0.1, 0.15) is 38.2 Å². The fourth-order valence-electron chi connectivity index (χ4n) is 5.02. The third-order valence-corrected chi connectivity index (χ3v) is 8.53. The number of pyridine rings is 1. The number of nitrogens with zero attached hydrogens (tertiary/aromatic N) is 4. The first-order valence-electron chi connectivity index (χ1n) is 9.93. The van der Waals surface area contributed by atoms with E-state index in [9.17, 15) is 8.42 Å². The van der Waals surface area contributed by atoms with Crippen LogP contribution in [0.3, 0.4) is 0 Å². The second-order valence-corrected chi connectivity index (χ2v) is 10.1. The van der Waals surface area contributed by atoms with E-state index in [0.29, 0.717) is 13.2 Å². The van der Waals surface area contributed by atoms with E-state index in [1.807, 2.05) is 19.3 Å². The predicted molar refractivity (Wildman–Crippen MR) is 103 cm³/mol. The van der Waals surface area contributed by atoms with Crippen molar-refractivity contribution in [2.45, 2.75) is 56.8 Å². The van der Waals surface area contributed by atoms with Gasteiger partial charge in [-0.1, -0.05) is 6.92 Å². The Morgan fingerprint density at radius 2 is 1.93 bits per heavy atom. The molecule has 8 heteroatoms. The monoisotopic (exact) mass is 394 g/mol. The van der Waals surface area contributed by atoms with E-state index in [-0.39, 0.29) is 17.7 Å². The van der Waals surface area contributed by atoms with Crippen LogP contribution in [0.4, 0.5) is 0 Å². The summed E-state index contributed by atoms with van der Waals surface area (Å²) in [5.74, 6) is 0. The van der Waals surface area contributed by atoms with Crippen molar-refractivity contribution in [3.05, 3.63) is 30.1 Å². The first-order valence-corrected chi connectivity index (χ1v) is 11.3.